The third kappa shape index (κ3) is 3.21. The van der Waals surface area contributed by atoms with E-state index in [2.05, 4.69) is 51.5 Å². The second kappa shape index (κ2) is 7.95. The number of hydrogen-bond donors (Lipinski definition) is 0. The van der Waals surface area contributed by atoms with Gasteiger partial charge < -0.3 is 14.2 Å². The Balaban J connectivity index is 1.17. The molecule has 4 aliphatic heterocycles. The smallest absolute Gasteiger partial charge is 0.256 e. The Kier molecular flexibility index (Phi) is 4.93. The molecule has 1 aromatic heterocycles. The molecule has 1 aromatic carbocycles. The molecule has 4 aliphatic rings. The normalized spacial score (nSPS) is 25.2. The predicted molar refractivity (Wildman–Crippen MR) is 125 cm³/mol. The lowest BCUT2D eigenvalue weighted by Crippen LogP contribution is -2.60. The summed E-state index contributed by atoms with van der Waals surface area (Å²) in [5.41, 5.74) is 3.16. The summed E-state index contributed by atoms with van der Waals surface area (Å²) >= 11 is 1.83. The minimum Gasteiger partial charge on any atom is -0.441 e. The highest BCUT2D eigenvalue weighted by Gasteiger charge is 2.48. The van der Waals surface area contributed by atoms with Crippen LogP contribution in [0.5, 0.6) is 0 Å². The zero-order valence-corrected chi connectivity index (χ0v) is 18.7. The summed E-state index contributed by atoms with van der Waals surface area (Å²) in [6.07, 6.45) is 10.1. The minimum atomic E-state index is 0.199. The highest BCUT2D eigenvalue weighted by Crippen LogP contribution is 2.39. The number of allylic oxidation sites excluding steroid dienone is 3. The van der Waals surface area contributed by atoms with Crippen LogP contribution in [0.2, 0.25) is 0 Å². The maximum Gasteiger partial charge on any atom is 0.256 e. The van der Waals surface area contributed by atoms with Gasteiger partial charge >= 0.3 is 0 Å². The standard InChI is InChI=1S/C24H26N5O2S/c30-24(27-12-14-32-18-27)20-15-21-7-4-13-29(21,16-20)28-10-8-26(9-11-28)23-22(31-17-25-23)19-5-2-1-3-6-19/h1-7,13,15,17H,8-12,14,16,18H2/q+1/t29-/m1/s1. The van der Waals surface area contributed by atoms with E-state index >= 15 is 0 Å². The quantitative estimate of drug-likeness (QED) is 0.670. The molecule has 0 radical (unpaired) electrons. The second-order valence-electron chi connectivity index (χ2n) is 8.51. The zero-order chi connectivity index (χ0) is 21.5. The van der Waals surface area contributed by atoms with Crippen LogP contribution in [0.4, 0.5) is 5.82 Å². The molecule has 0 bridgehead atoms. The number of quaternary nitrogens is 1. The number of fused-ring (bicyclic) bond motifs is 1. The van der Waals surface area contributed by atoms with Crippen molar-refractivity contribution in [2.24, 2.45) is 0 Å². The van der Waals surface area contributed by atoms with Crippen molar-refractivity contribution in [2.45, 2.75) is 0 Å². The molecule has 0 aliphatic carbocycles. The first-order valence-corrected chi connectivity index (χ1v) is 12.2. The SMILES string of the molecule is O=C(C1=CC2=CC=C[N@@+]2(N2CCN(c3ncoc3-c3ccccc3)CC2)C1)N1CCSC1. The third-order valence-corrected chi connectivity index (χ3v) is 7.71. The lowest BCUT2D eigenvalue weighted by atomic mass is 10.1. The Morgan fingerprint density at radius 2 is 1.94 bits per heavy atom. The van der Waals surface area contributed by atoms with E-state index in [1.807, 2.05) is 34.9 Å². The highest BCUT2D eigenvalue weighted by atomic mass is 32.2. The number of rotatable bonds is 4. The van der Waals surface area contributed by atoms with E-state index in [0.717, 1.165) is 67.1 Å². The fraction of sp³-hybridized carbons (Fsp3) is 0.333. The van der Waals surface area contributed by atoms with Crippen molar-refractivity contribution >= 4 is 23.5 Å². The lowest BCUT2D eigenvalue weighted by Gasteiger charge is -2.44. The van der Waals surface area contributed by atoms with Gasteiger partial charge in [0.2, 0.25) is 0 Å². The Morgan fingerprint density at radius 3 is 2.72 bits per heavy atom. The molecule has 5 heterocycles. The van der Waals surface area contributed by atoms with E-state index < -0.39 is 0 Å². The van der Waals surface area contributed by atoms with Crippen LogP contribution in [0.1, 0.15) is 0 Å². The summed E-state index contributed by atoms with van der Waals surface area (Å²) in [5.74, 6) is 3.78. The molecule has 0 spiro atoms. The number of carbonyl (C=O) groups excluding carboxylic acids is 1. The summed E-state index contributed by atoms with van der Waals surface area (Å²) in [5, 5.41) is 2.48. The van der Waals surface area contributed by atoms with Gasteiger partial charge in [0.1, 0.15) is 12.7 Å². The Bertz CT molecular complexity index is 1110. The van der Waals surface area contributed by atoms with Gasteiger partial charge in [-0.2, -0.15) is 9.58 Å². The molecule has 6 rings (SSSR count). The van der Waals surface area contributed by atoms with Crippen LogP contribution in [0.25, 0.3) is 11.3 Å². The molecule has 0 N–H and O–H groups in total. The van der Waals surface area contributed by atoms with E-state index in [9.17, 15) is 4.79 Å². The van der Waals surface area contributed by atoms with Gasteiger partial charge in [0.15, 0.2) is 23.7 Å². The van der Waals surface area contributed by atoms with Crippen LogP contribution in [-0.2, 0) is 4.79 Å². The molecule has 1 amide bonds. The molecule has 8 heteroatoms. The van der Waals surface area contributed by atoms with E-state index in [1.54, 1.807) is 0 Å². The first-order valence-electron chi connectivity index (χ1n) is 11.1. The minimum absolute atomic E-state index is 0.199. The van der Waals surface area contributed by atoms with Gasteiger partial charge in [0.05, 0.1) is 24.5 Å². The number of anilines is 1. The molecule has 2 fully saturated rings. The first-order chi connectivity index (χ1) is 15.7. The molecule has 164 valence electrons. The van der Waals surface area contributed by atoms with Gasteiger partial charge in [-0.15, -0.1) is 16.8 Å². The molecule has 0 unspecified atom stereocenters. The number of benzene rings is 1. The monoisotopic (exact) mass is 448 g/mol. The average Bonchev–Trinajstić information content (AvgIpc) is 3.63. The van der Waals surface area contributed by atoms with Crippen LogP contribution in [-0.4, -0.2) is 76.3 Å². The number of carbonyl (C=O) groups is 1. The topological polar surface area (TPSA) is 52.8 Å². The van der Waals surface area contributed by atoms with Crippen molar-refractivity contribution in [1.82, 2.24) is 14.9 Å². The van der Waals surface area contributed by atoms with Gasteiger partial charge in [-0.25, -0.2) is 0 Å². The van der Waals surface area contributed by atoms with Crippen molar-refractivity contribution < 1.29 is 13.8 Å². The van der Waals surface area contributed by atoms with Crippen molar-refractivity contribution in [3.05, 3.63) is 72.4 Å². The molecule has 0 saturated carbocycles. The van der Waals surface area contributed by atoms with E-state index in [-0.39, 0.29) is 5.91 Å². The molecular weight excluding hydrogens is 422 g/mol. The van der Waals surface area contributed by atoms with Crippen LogP contribution in [0, 0.1) is 0 Å². The van der Waals surface area contributed by atoms with Crippen LogP contribution >= 0.6 is 11.8 Å². The van der Waals surface area contributed by atoms with Crippen molar-refractivity contribution in [3.63, 3.8) is 0 Å². The van der Waals surface area contributed by atoms with Crippen molar-refractivity contribution in [1.29, 1.82) is 0 Å². The first kappa shape index (κ1) is 19.8. The molecule has 32 heavy (non-hydrogen) atoms. The highest BCUT2D eigenvalue weighted by molar-refractivity contribution is 7.99. The van der Waals surface area contributed by atoms with E-state index in [1.165, 1.54) is 12.1 Å². The fourth-order valence-electron chi connectivity index (χ4n) is 5.07. The molecular formula is C24H26N5O2S+. The zero-order valence-electron chi connectivity index (χ0n) is 17.9. The molecule has 7 nitrogen and oxygen atoms in total. The average molecular weight is 449 g/mol. The summed E-state index contributed by atoms with van der Waals surface area (Å²) in [6.45, 7) is 5.06. The Hall–Kier alpha value is -2.81. The number of piperazine rings is 1. The van der Waals surface area contributed by atoms with Gasteiger partial charge in [-0.3, -0.25) is 4.79 Å². The van der Waals surface area contributed by atoms with Gasteiger partial charge in [0.25, 0.3) is 5.91 Å². The fourth-order valence-corrected chi connectivity index (χ4v) is 6.01. The summed E-state index contributed by atoms with van der Waals surface area (Å²) < 4.78 is 6.38. The van der Waals surface area contributed by atoms with Gasteiger partial charge in [-0.1, -0.05) is 30.3 Å². The number of amides is 1. The maximum atomic E-state index is 13.0. The number of thioether (sulfide) groups is 1. The van der Waals surface area contributed by atoms with Crippen LogP contribution in [0.3, 0.4) is 0 Å². The number of hydrogen-bond acceptors (Lipinski definition) is 6. The van der Waals surface area contributed by atoms with Crippen molar-refractivity contribution in [3.8, 4) is 11.3 Å². The largest absolute Gasteiger partial charge is 0.441 e. The number of oxazole rings is 1. The van der Waals surface area contributed by atoms with Gasteiger partial charge in [-0.05, 0) is 6.08 Å². The second-order valence-corrected chi connectivity index (χ2v) is 9.58. The number of nitrogens with zero attached hydrogens (tertiary/aromatic N) is 5. The van der Waals surface area contributed by atoms with E-state index in [0.29, 0.717) is 11.1 Å². The molecule has 1 atom stereocenters. The predicted octanol–water partition coefficient (Wildman–Crippen LogP) is 3.08. The summed E-state index contributed by atoms with van der Waals surface area (Å²) in [4.78, 5) is 21.8. The molecule has 2 aromatic rings. The lowest BCUT2D eigenvalue weighted by molar-refractivity contribution is -0.948. The maximum absolute atomic E-state index is 13.0. The van der Waals surface area contributed by atoms with Crippen LogP contribution in [0.15, 0.2) is 76.8 Å². The summed E-state index contributed by atoms with van der Waals surface area (Å²) in [6, 6.07) is 10.1. The Morgan fingerprint density at radius 1 is 1.09 bits per heavy atom. The number of aromatic nitrogens is 1. The van der Waals surface area contributed by atoms with Gasteiger partial charge in [0, 0.05) is 43.1 Å². The van der Waals surface area contributed by atoms with Crippen LogP contribution < -0.4 is 4.90 Å². The van der Waals surface area contributed by atoms with Crippen molar-refractivity contribution in [2.75, 3.05) is 55.8 Å². The summed E-state index contributed by atoms with van der Waals surface area (Å²) in [7, 11) is 0. The third-order valence-electron chi connectivity index (χ3n) is 6.74. The van der Waals surface area contributed by atoms with E-state index in [4.69, 9.17) is 4.42 Å². The Labute approximate surface area is 191 Å². The molecule has 2 saturated heterocycles.